The van der Waals surface area contributed by atoms with Crippen molar-refractivity contribution in [2.75, 3.05) is 38.0 Å². The minimum absolute atomic E-state index is 0.00600. The van der Waals surface area contributed by atoms with Crippen molar-refractivity contribution in [2.45, 2.75) is 6.10 Å². The van der Waals surface area contributed by atoms with Crippen LogP contribution in [0.4, 0.5) is 21.9 Å². The minimum atomic E-state index is -0.960. The molecule has 31 heavy (non-hydrogen) atoms. The molecule has 0 aliphatic rings. The Bertz CT molecular complexity index is 1010. The van der Waals surface area contributed by atoms with Gasteiger partial charge in [-0.1, -0.05) is 30.3 Å². The highest BCUT2D eigenvalue weighted by Gasteiger charge is 2.17. The van der Waals surface area contributed by atoms with Crippen LogP contribution in [0.15, 0.2) is 72.8 Å². The molecule has 0 aromatic heterocycles. The maximum atomic E-state index is 12.5. The maximum absolute atomic E-state index is 12.5. The Morgan fingerprint density at radius 1 is 1.00 bits per heavy atom. The molecule has 0 spiro atoms. The Morgan fingerprint density at radius 3 is 2.42 bits per heavy atom. The van der Waals surface area contributed by atoms with Crippen LogP contribution in [0.25, 0.3) is 0 Å². The number of nitrogens with zero attached hydrogens (tertiary/aromatic N) is 1. The molecule has 0 aliphatic carbocycles. The van der Waals surface area contributed by atoms with Crippen molar-refractivity contribution < 1.29 is 19.4 Å². The molecule has 0 heterocycles. The molecule has 3 N–H and O–H groups in total. The van der Waals surface area contributed by atoms with Crippen molar-refractivity contribution in [3.8, 4) is 11.5 Å². The number of nitrogens with one attached hydrogen (secondary N) is 2. The predicted octanol–water partition coefficient (Wildman–Crippen LogP) is 4.33. The minimum Gasteiger partial charge on any atom is -0.497 e. The zero-order valence-electron chi connectivity index (χ0n) is 17.8. The molecule has 0 bridgehead atoms. The van der Waals surface area contributed by atoms with Gasteiger partial charge in [0.25, 0.3) is 0 Å². The van der Waals surface area contributed by atoms with E-state index in [1.165, 1.54) is 7.11 Å². The summed E-state index contributed by atoms with van der Waals surface area (Å²) in [5.41, 5.74) is 3.03. The first kappa shape index (κ1) is 22.0. The summed E-state index contributed by atoms with van der Waals surface area (Å²) >= 11 is 0. The van der Waals surface area contributed by atoms with Crippen LogP contribution < -0.4 is 25.0 Å². The van der Waals surface area contributed by atoms with E-state index in [2.05, 4.69) is 10.6 Å². The van der Waals surface area contributed by atoms with Crippen molar-refractivity contribution in [1.82, 2.24) is 5.32 Å². The first-order valence-electron chi connectivity index (χ1n) is 9.86. The van der Waals surface area contributed by atoms with Gasteiger partial charge >= 0.3 is 6.03 Å². The molecule has 2 amide bonds. The molecule has 0 saturated carbocycles. The number of benzene rings is 3. The SMILES string of the molecule is COc1ccc(OC)c(C(O)CNC(=O)Nc2ccccc2N(C)c2ccccc2)c1. The third-order valence-corrected chi connectivity index (χ3v) is 4.91. The molecule has 0 fully saturated rings. The summed E-state index contributed by atoms with van der Waals surface area (Å²) in [6.07, 6.45) is -0.960. The fraction of sp³-hybridized carbons (Fsp3) is 0.208. The van der Waals surface area contributed by atoms with E-state index in [9.17, 15) is 9.90 Å². The predicted molar refractivity (Wildman–Crippen MR) is 122 cm³/mol. The van der Waals surface area contributed by atoms with E-state index in [0.29, 0.717) is 22.7 Å². The fourth-order valence-corrected chi connectivity index (χ4v) is 3.23. The Balaban J connectivity index is 1.67. The van der Waals surface area contributed by atoms with Crippen molar-refractivity contribution in [2.24, 2.45) is 0 Å². The van der Waals surface area contributed by atoms with Gasteiger partial charge in [-0.05, 0) is 42.5 Å². The molecule has 162 valence electrons. The summed E-state index contributed by atoms with van der Waals surface area (Å²) < 4.78 is 10.5. The smallest absolute Gasteiger partial charge is 0.319 e. The Hall–Kier alpha value is -3.71. The second-order valence-electron chi connectivity index (χ2n) is 6.87. The number of methoxy groups -OCH3 is 2. The number of aliphatic hydroxyl groups is 1. The molecule has 0 radical (unpaired) electrons. The first-order valence-corrected chi connectivity index (χ1v) is 9.86. The molecular formula is C24H27N3O4. The van der Waals surface area contributed by atoms with Gasteiger partial charge in [-0.25, -0.2) is 4.79 Å². The van der Waals surface area contributed by atoms with Crippen molar-refractivity contribution in [1.29, 1.82) is 0 Å². The van der Waals surface area contributed by atoms with E-state index in [0.717, 1.165) is 11.4 Å². The molecular weight excluding hydrogens is 394 g/mol. The number of amides is 2. The van der Waals surface area contributed by atoms with Crippen LogP contribution in [0.1, 0.15) is 11.7 Å². The topological polar surface area (TPSA) is 83.1 Å². The van der Waals surface area contributed by atoms with Crippen molar-refractivity contribution >= 4 is 23.1 Å². The average Bonchev–Trinajstić information content (AvgIpc) is 2.82. The number of rotatable bonds is 8. The number of ether oxygens (including phenoxy) is 2. The molecule has 3 aromatic carbocycles. The number of hydrogen-bond donors (Lipinski definition) is 3. The highest BCUT2D eigenvalue weighted by Crippen LogP contribution is 2.31. The molecule has 0 aliphatic heterocycles. The van der Waals surface area contributed by atoms with Gasteiger partial charge in [0, 0.05) is 24.8 Å². The molecule has 0 saturated heterocycles. The third-order valence-electron chi connectivity index (χ3n) is 4.91. The summed E-state index contributed by atoms with van der Waals surface area (Å²) in [6, 6.07) is 22.1. The highest BCUT2D eigenvalue weighted by molar-refractivity contribution is 5.94. The van der Waals surface area contributed by atoms with E-state index in [1.54, 1.807) is 25.3 Å². The zero-order chi connectivity index (χ0) is 22.2. The van der Waals surface area contributed by atoms with Crippen LogP contribution in [0.2, 0.25) is 0 Å². The van der Waals surface area contributed by atoms with E-state index in [4.69, 9.17) is 9.47 Å². The van der Waals surface area contributed by atoms with Crippen LogP contribution in [0.3, 0.4) is 0 Å². The number of hydrogen-bond acceptors (Lipinski definition) is 5. The maximum Gasteiger partial charge on any atom is 0.319 e. The normalized spacial score (nSPS) is 11.4. The van der Waals surface area contributed by atoms with E-state index < -0.39 is 12.1 Å². The monoisotopic (exact) mass is 421 g/mol. The van der Waals surface area contributed by atoms with Crippen LogP contribution in [0, 0.1) is 0 Å². The summed E-state index contributed by atoms with van der Waals surface area (Å²) in [5, 5.41) is 16.1. The number of carbonyl (C=O) groups is 1. The molecule has 3 rings (SSSR count). The number of anilines is 3. The van der Waals surface area contributed by atoms with Crippen LogP contribution in [0.5, 0.6) is 11.5 Å². The van der Waals surface area contributed by atoms with Gasteiger partial charge in [-0.2, -0.15) is 0 Å². The summed E-state index contributed by atoms with van der Waals surface area (Å²) in [7, 11) is 5.01. The second-order valence-corrected chi connectivity index (χ2v) is 6.87. The lowest BCUT2D eigenvalue weighted by molar-refractivity contribution is 0.170. The number of carbonyl (C=O) groups excluding carboxylic acids is 1. The molecule has 1 unspecified atom stereocenters. The van der Waals surface area contributed by atoms with Crippen LogP contribution in [-0.2, 0) is 0 Å². The van der Waals surface area contributed by atoms with Gasteiger partial charge in [-0.15, -0.1) is 0 Å². The Kier molecular flexibility index (Phi) is 7.35. The van der Waals surface area contributed by atoms with Gasteiger partial charge in [-0.3, -0.25) is 0 Å². The summed E-state index contributed by atoms with van der Waals surface area (Å²) in [6.45, 7) is 0.00600. The largest absolute Gasteiger partial charge is 0.497 e. The number of urea groups is 1. The van der Waals surface area contributed by atoms with Crippen LogP contribution in [-0.4, -0.2) is 38.9 Å². The Labute approximate surface area is 182 Å². The van der Waals surface area contributed by atoms with Crippen molar-refractivity contribution in [3.05, 3.63) is 78.4 Å². The average molecular weight is 421 g/mol. The lowest BCUT2D eigenvalue weighted by Crippen LogP contribution is -2.33. The number of aliphatic hydroxyl groups excluding tert-OH is 1. The molecule has 3 aromatic rings. The van der Waals surface area contributed by atoms with Crippen LogP contribution >= 0.6 is 0 Å². The van der Waals surface area contributed by atoms with Gasteiger partial charge < -0.3 is 30.1 Å². The summed E-state index contributed by atoms with van der Waals surface area (Å²) in [4.78, 5) is 14.5. The number of para-hydroxylation sites is 3. The fourth-order valence-electron chi connectivity index (χ4n) is 3.23. The van der Waals surface area contributed by atoms with Gasteiger partial charge in [0.05, 0.1) is 25.6 Å². The lowest BCUT2D eigenvalue weighted by atomic mass is 10.1. The van der Waals surface area contributed by atoms with E-state index >= 15 is 0 Å². The quantitative estimate of drug-likeness (QED) is 0.504. The van der Waals surface area contributed by atoms with Gasteiger partial charge in [0.15, 0.2) is 0 Å². The van der Waals surface area contributed by atoms with Crippen molar-refractivity contribution in [3.63, 3.8) is 0 Å². The molecule has 7 heteroatoms. The van der Waals surface area contributed by atoms with Gasteiger partial charge in [0.1, 0.15) is 17.6 Å². The first-order chi connectivity index (χ1) is 15.0. The highest BCUT2D eigenvalue weighted by atomic mass is 16.5. The van der Waals surface area contributed by atoms with Gasteiger partial charge in [0.2, 0.25) is 0 Å². The molecule has 7 nitrogen and oxygen atoms in total. The Morgan fingerprint density at radius 2 is 1.71 bits per heavy atom. The van der Waals surface area contributed by atoms with E-state index in [-0.39, 0.29) is 6.54 Å². The zero-order valence-corrected chi connectivity index (χ0v) is 17.8. The second kappa shape index (κ2) is 10.4. The summed E-state index contributed by atoms with van der Waals surface area (Å²) in [5.74, 6) is 1.11. The van der Waals surface area contributed by atoms with E-state index in [1.807, 2.05) is 66.5 Å². The third kappa shape index (κ3) is 5.46. The molecule has 1 atom stereocenters. The lowest BCUT2D eigenvalue weighted by Gasteiger charge is -2.23. The standard InChI is InChI=1S/C24H27N3O4/c1-27(17-9-5-4-6-10-17)21-12-8-7-11-20(21)26-24(29)25-16-22(28)19-15-18(30-2)13-14-23(19)31-3/h4-15,22,28H,16H2,1-3H3,(H2,25,26,29).